The van der Waals surface area contributed by atoms with Crippen LogP contribution >= 0.6 is 23.1 Å². The molecule has 2 nitrogen and oxygen atoms in total. The van der Waals surface area contributed by atoms with Crippen molar-refractivity contribution >= 4 is 34.0 Å². The number of nitrogens with zero attached hydrogens (tertiary/aromatic N) is 2. The number of thioether (sulfide) groups is 1. The Morgan fingerprint density at radius 3 is 3.12 bits per heavy atom. The van der Waals surface area contributed by atoms with Crippen molar-refractivity contribution in [3.63, 3.8) is 0 Å². The molecule has 0 spiro atoms. The molecule has 88 valence electrons. The van der Waals surface area contributed by atoms with Gasteiger partial charge in [0, 0.05) is 5.41 Å². The zero-order valence-corrected chi connectivity index (χ0v) is 11.1. The Kier molecular flexibility index (Phi) is 2.33. The van der Waals surface area contributed by atoms with E-state index in [2.05, 4.69) is 27.8 Å². The number of hydrogen-bond acceptors (Lipinski definition) is 4. The third-order valence-corrected chi connectivity index (χ3v) is 5.56. The van der Waals surface area contributed by atoms with E-state index < -0.39 is 0 Å². The third-order valence-electron chi connectivity index (χ3n) is 3.82. The number of aliphatic imine (C=N–C) groups is 1. The first-order valence-electron chi connectivity index (χ1n) is 6.21. The Morgan fingerprint density at radius 2 is 2.24 bits per heavy atom. The second kappa shape index (κ2) is 3.89. The Labute approximate surface area is 109 Å². The molecule has 3 aliphatic rings. The van der Waals surface area contributed by atoms with Crippen LogP contribution in [0.15, 0.2) is 27.9 Å². The summed E-state index contributed by atoms with van der Waals surface area (Å²) in [6.45, 7) is 0. The lowest BCUT2D eigenvalue weighted by molar-refractivity contribution is 0.306. The molecule has 4 rings (SSSR count). The molecule has 0 aromatic carbocycles. The molecule has 0 amide bonds. The van der Waals surface area contributed by atoms with Crippen LogP contribution in [0.25, 0.3) is 5.70 Å². The highest BCUT2D eigenvalue weighted by Crippen LogP contribution is 2.44. The second-order valence-electron chi connectivity index (χ2n) is 4.80. The van der Waals surface area contributed by atoms with E-state index in [4.69, 9.17) is 4.99 Å². The number of hydrogen-bond donors (Lipinski definition) is 0. The van der Waals surface area contributed by atoms with Crippen molar-refractivity contribution in [2.45, 2.75) is 37.8 Å². The Hall–Kier alpha value is -0.740. The minimum absolute atomic E-state index is 0.565. The fourth-order valence-electron chi connectivity index (χ4n) is 3.02. The summed E-state index contributed by atoms with van der Waals surface area (Å²) >= 11 is 3.64. The first kappa shape index (κ1) is 10.2. The summed E-state index contributed by atoms with van der Waals surface area (Å²) in [5, 5.41) is 5.67. The van der Waals surface area contributed by atoms with Gasteiger partial charge < -0.3 is 4.90 Å². The molecule has 0 bridgehead atoms. The quantitative estimate of drug-likeness (QED) is 0.765. The van der Waals surface area contributed by atoms with Gasteiger partial charge in [0.2, 0.25) is 0 Å². The topological polar surface area (TPSA) is 15.6 Å². The van der Waals surface area contributed by atoms with Crippen LogP contribution in [-0.2, 0) is 0 Å². The normalized spacial score (nSPS) is 30.9. The van der Waals surface area contributed by atoms with Gasteiger partial charge in [-0.25, -0.2) is 0 Å². The maximum absolute atomic E-state index is 4.89. The predicted octanol–water partition coefficient (Wildman–Crippen LogP) is 3.78. The van der Waals surface area contributed by atoms with Crippen LogP contribution in [-0.4, -0.2) is 22.2 Å². The smallest absolute Gasteiger partial charge is 0.168 e. The molecule has 1 fully saturated rings. The van der Waals surface area contributed by atoms with Crippen molar-refractivity contribution in [1.29, 1.82) is 0 Å². The van der Waals surface area contributed by atoms with Crippen LogP contribution in [0.4, 0.5) is 0 Å². The molecule has 17 heavy (non-hydrogen) atoms. The maximum Gasteiger partial charge on any atom is 0.168 e. The van der Waals surface area contributed by atoms with Gasteiger partial charge in [0.1, 0.15) is 0 Å². The van der Waals surface area contributed by atoms with Gasteiger partial charge in [-0.15, -0.1) is 11.3 Å². The van der Waals surface area contributed by atoms with Crippen LogP contribution < -0.4 is 0 Å². The molecule has 1 aliphatic carbocycles. The van der Waals surface area contributed by atoms with E-state index in [-0.39, 0.29) is 0 Å². The van der Waals surface area contributed by atoms with Gasteiger partial charge in [0.25, 0.3) is 0 Å². The highest BCUT2D eigenvalue weighted by atomic mass is 32.2. The van der Waals surface area contributed by atoms with E-state index in [0.29, 0.717) is 12.1 Å². The molecule has 0 N–H and O–H groups in total. The average Bonchev–Trinajstić information content (AvgIpc) is 3.04. The highest BCUT2D eigenvalue weighted by Gasteiger charge is 2.42. The van der Waals surface area contributed by atoms with Gasteiger partial charge in [-0.05, 0) is 24.3 Å². The van der Waals surface area contributed by atoms with E-state index >= 15 is 0 Å². The summed E-state index contributed by atoms with van der Waals surface area (Å²) in [5.74, 6) is 0. The van der Waals surface area contributed by atoms with Gasteiger partial charge >= 0.3 is 0 Å². The van der Waals surface area contributed by atoms with Gasteiger partial charge in [-0.1, -0.05) is 30.7 Å². The molecular formula is C13H14N2S2. The van der Waals surface area contributed by atoms with Crippen LogP contribution in [0.3, 0.4) is 0 Å². The van der Waals surface area contributed by atoms with E-state index in [9.17, 15) is 0 Å². The summed E-state index contributed by atoms with van der Waals surface area (Å²) in [4.78, 5) is 8.77. The minimum atomic E-state index is 0.565. The fourth-order valence-corrected chi connectivity index (χ4v) is 4.84. The monoisotopic (exact) mass is 262 g/mol. The van der Waals surface area contributed by atoms with E-state index in [1.54, 1.807) is 11.8 Å². The molecule has 2 atom stereocenters. The molecule has 1 aromatic rings. The first-order valence-corrected chi connectivity index (χ1v) is 7.97. The third kappa shape index (κ3) is 1.50. The summed E-state index contributed by atoms with van der Waals surface area (Å²) in [7, 11) is 0. The van der Waals surface area contributed by atoms with Crippen LogP contribution in [0.2, 0.25) is 0 Å². The molecular weight excluding hydrogens is 248 g/mol. The molecule has 0 radical (unpaired) electrons. The molecule has 1 aromatic heterocycles. The Bertz CT molecular complexity index is 490. The van der Waals surface area contributed by atoms with Gasteiger partial charge in [-0.2, -0.15) is 0 Å². The van der Waals surface area contributed by atoms with Crippen molar-refractivity contribution in [1.82, 2.24) is 4.90 Å². The van der Waals surface area contributed by atoms with Gasteiger partial charge in [0.05, 0.1) is 22.7 Å². The van der Waals surface area contributed by atoms with Gasteiger partial charge in [0.15, 0.2) is 5.17 Å². The summed E-state index contributed by atoms with van der Waals surface area (Å²) in [6.07, 6.45) is 5.31. The maximum atomic E-state index is 4.89. The van der Waals surface area contributed by atoms with Crippen molar-refractivity contribution in [3.05, 3.63) is 27.8 Å². The van der Waals surface area contributed by atoms with Crippen molar-refractivity contribution in [2.24, 2.45) is 4.99 Å². The fraction of sp³-hybridized carbons (Fsp3) is 0.462. The number of fused-ring (bicyclic) bond motifs is 3. The number of thiophene rings is 1. The number of amidine groups is 1. The molecule has 1 saturated carbocycles. The first-order chi connectivity index (χ1) is 8.43. The van der Waals surface area contributed by atoms with Gasteiger partial charge in [-0.3, -0.25) is 4.99 Å². The molecule has 0 unspecified atom stereocenters. The van der Waals surface area contributed by atoms with E-state index in [1.807, 2.05) is 11.3 Å². The lowest BCUT2D eigenvalue weighted by Gasteiger charge is -2.31. The lowest BCUT2D eigenvalue weighted by Crippen LogP contribution is -2.37. The average molecular weight is 262 g/mol. The molecule has 2 aliphatic heterocycles. The highest BCUT2D eigenvalue weighted by molar-refractivity contribution is 8.16. The summed E-state index contributed by atoms with van der Waals surface area (Å²) < 4.78 is 0. The molecule has 3 heterocycles. The molecule has 0 saturated heterocycles. The minimum Gasteiger partial charge on any atom is -0.314 e. The van der Waals surface area contributed by atoms with E-state index in [0.717, 1.165) is 0 Å². The zero-order chi connectivity index (χ0) is 11.2. The van der Waals surface area contributed by atoms with Crippen molar-refractivity contribution < 1.29 is 0 Å². The van der Waals surface area contributed by atoms with Crippen LogP contribution in [0.5, 0.6) is 0 Å². The van der Waals surface area contributed by atoms with Crippen LogP contribution in [0, 0.1) is 0 Å². The summed E-state index contributed by atoms with van der Waals surface area (Å²) in [5.41, 5.74) is 1.39. The molecule has 4 heteroatoms. The van der Waals surface area contributed by atoms with E-state index in [1.165, 1.54) is 41.4 Å². The zero-order valence-electron chi connectivity index (χ0n) is 9.50. The standard InChI is InChI=1S/C13H14N2S2/c1-2-5-10-9(4-1)14-13-15(10)11(8-17-13)12-6-3-7-16-12/h3,6-10H,1-2,4-5H2/t9-,10-/m0/s1. The number of rotatable bonds is 1. The Balaban J connectivity index is 1.70. The van der Waals surface area contributed by atoms with Crippen molar-refractivity contribution in [2.75, 3.05) is 0 Å². The Morgan fingerprint density at radius 1 is 1.29 bits per heavy atom. The SMILES string of the molecule is C1=C(c2cccs2)N2C(=N[C@H]3CCCC[C@@H]32)S1. The largest absolute Gasteiger partial charge is 0.314 e. The summed E-state index contributed by atoms with van der Waals surface area (Å²) in [6, 6.07) is 5.56. The lowest BCUT2D eigenvalue weighted by atomic mass is 9.90. The predicted molar refractivity (Wildman–Crippen MR) is 75.2 cm³/mol. The van der Waals surface area contributed by atoms with Crippen LogP contribution in [0.1, 0.15) is 30.6 Å². The second-order valence-corrected chi connectivity index (χ2v) is 6.58. The van der Waals surface area contributed by atoms with Crippen molar-refractivity contribution in [3.8, 4) is 0 Å².